The number of hydrogen-bond donors (Lipinski definition) is 0. The number of aromatic nitrogens is 3. The molecule has 104 valence electrons. The molecule has 0 aromatic carbocycles. The number of piperazine rings is 1. The Balaban J connectivity index is 1.80. The number of halogens is 1. The van der Waals surface area contributed by atoms with E-state index >= 15 is 0 Å². The summed E-state index contributed by atoms with van der Waals surface area (Å²) in [6.45, 7) is 5.97. The molecule has 0 amide bonds. The zero-order chi connectivity index (χ0) is 13.2. The van der Waals surface area contributed by atoms with Crippen molar-refractivity contribution < 1.29 is 0 Å². The van der Waals surface area contributed by atoms with Gasteiger partial charge in [0.05, 0.1) is 0 Å². The molecule has 7 heteroatoms. The number of nitrogens with zero attached hydrogens (tertiary/aromatic N) is 6. The lowest BCUT2D eigenvalue weighted by Crippen LogP contribution is -2.45. The van der Waals surface area contributed by atoms with Gasteiger partial charge in [0.2, 0.25) is 17.2 Å². The maximum Gasteiger partial charge on any atom is 0.231 e. The average Bonchev–Trinajstić information content (AvgIpc) is 2.93. The summed E-state index contributed by atoms with van der Waals surface area (Å²) in [6, 6.07) is 0. The van der Waals surface area contributed by atoms with E-state index in [9.17, 15) is 0 Å². The van der Waals surface area contributed by atoms with E-state index < -0.39 is 0 Å². The van der Waals surface area contributed by atoms with Gasteiger partial charge in [-0.25, -0.2) is 0 Å². The molecule has 1 aromatic rings. The first-order valence-corrected chi connectivity index (χ1v) is 7.20. The molecule has 2 fully saturated rings. The third kappa shape index (κ3) is 2.90. The molecule has 0 radical (unpaired) electrons. The molecule has 0 aliphatic carbocycles. The van der Waals surface area contributed by atoms with Gasteiger partial charge in [-0.2, -0.15) is 15.0 Å². The molecule has 0 bridgehead atoms. The third-order valence-electron chi connectivity index (χ3n) is 3.76. The second kappa shape index (κ2) is 5.46. The summed E-state index contributed by atoms with van der Waals surface area (Å²) in [5.41, 5.74) is 0. The van der Waals surface area contributed by atoms with E-state index in [2.05, 4.69) is 36.7 Å². The Labute approximate surface area is 118 Å². The van der Waals surface area contributed by atoms with Crippen LogP contribution in [0.25, 0.3) is 0 Å². The fourth-order valence-corrected chi connectivity index (χ4v) is 2.69. The van der Waals surface area contributed by atoms with E-state index in [1.54, 1.807) is 0 Å². The highest BCUT2D eigenvalue weighted by Gasteiger charge is 2.21. The van der Waals surface area contributed by atoms with Crippen molar-refractivity contribution in [1.29, 1.82) is 0 Å². The van der Waals surface area contributed by atoms with E-state index in [1.807, 2.05) is 0 Å². The largest absolute Gasteiger partial charge is 0.341 e. The van der Waals surface area contributed by atoms with Crippen LogP contribution in [-0.2, 0) is 0 Å². The second-order valence-electron chi connectivity index (χ2n) is 5.19. The Kier molecular flexibility index (Phi) is 3.70. The lowest BCUT2D eigenvalue weighted by atomic mass is 10.3. The fourth-order valence-electron chi connectivity index (χ4n) is 2.54. The Morgan fingerprint density at radius 2 is 1.32 bits per heavy atom. The highest BCUT2D eigenvalue weighted by molar-refractivity contribution is 6.28. The highest BCUT2D eigenvalue weighted by atomic mass is 35.5. The molecule has 1 aromatic heterocycles. The molecule has 2 aliphatic rings. The molecule has 3 rings (SSSR count). The van der Waals surface area contributed by atoms with Gasteiger partial charge in [-0.15, -0.1) is 0 Å². The Hall–Kier alpha value is -1.14. The van der Waals surface area contributed by atoms with Crippen molar-refractivity contribution in [2.75, 3.05) is 56.1 Å². The van der Waals surface area contributed by atoms with E-state index in [0.717, 1.165) is 51.2 Å². The van der Waals surface area contributed by atoms with Gasteiger partial charge in [0.1, 0.15) is 0 Å². The van der Waals surface area contributed by atoms with Gasteiger partial charge in [-0.1, -0.05) is 0 Å². The Morgan fingerprint density at radius 1 is 0.789 bits per heavy atom. The minimum Gasteiger partial charge on any atom is -0.341 e. The zero-order valence-electron chi connectivity index (χ0n) is 11.2. The van der Waals surface area contributed by atoms with Crippen LogP contribution in [0.15, 0.2) is 0 Å². The molecule has 0 atom stereocenters. The van der Waals surface area contributed by atoms with Gasteiger partial charge >= 0.3 is 0 Å². The topological polar surface area (TPSA) is 48.4 Å². The molecule has 0 N–H and O–H groups in total. The monoisotopic (exact) mass is 282 g/mol. The molecule has 0 saturated carbocycles. The molecule has 0 spiro atoms. The molecule has 2 aliphatic heterocycles. The minimum absolute atomic E-state index is 0.297. The van der Waals surface area contributed by atoms with Gasteiger partial charge in [0.15, 0.2) is 0 Å². The first kappa shape index (κ1) is 12.9. The smallest absolute Gasteiger partial charge is 0.231 e. The summed E-state index contributed by atoms with van der Waals surface area (Å²) in [5, 5.41) is 0.297. The third-order valence-corrected chi connectivity index (χ3v) is 3.93. The fraction of sp³-hybridized carbons (Fsp3) is 0.750. The molecular weight excluding hydrogens is 264 g/mol. The molecule has 2 saturated heterocycles. The average molecular weight is 283 g/mol. The quantitative estimate of drug-likeness (QED) is 0.802. The lowest BCUT2D eigenvalue weighted by Gasteiger charge is -2.32. The van der Waals surface area contributed by atoms with Crippen LogP contribution in [0.4, 0.5) is 11.9 Å². The predicted molar refractivity (Wildman–Crippen MR) is 76.0 cm³/mol. The van der Waals surface area contributed by atoms with Crippen molar-refractivity contribution in [3.05, 3.63) is 5.28 Å². The summed E-state index contributed by atoms with van der Waals surface area (Å²) in [5.74, 6) is 1.45. The first-order valence-electron chi connectivity index (χ1n) is 6.82. The van der Waals surface area contributed by atoms with Gasteiger partial charge in [-0.05, 0) is 31.5 Å². The molecule has 6 nitrogen and oxygen atoms in total. The van der Waals surface area contributed by atoms with Crippen LogP contribution in [0.3, 0.4) is 0 Å². The highest BCUT2D eigenvalue weighted by Crippen LogP contribution is 2.20. The van der Waals surface area contributed by atoms with Gasteiger partial charge < -0.3 is 14.7 Å². The summed E-state index contributed by atoms with van der Waals surface area (Å²) < 4.78 is 0. The zero-order valence-corrected chi connectivity index (χ0v) is 12.0. The van der Waals surface area contributed by atoms with Crippen LogP contribution in [0.1, 0.15) is 12.8 Å². The standard InChI is InChI=1S/C12H19ClN6/c1-17-6-8-19(9-7-17)12-15-10(13)14-11(16-12)18-4-2-3-5-18/h2-9H2,1H3. The van der Waals surface area contributed by atoms with E-state index in [1.165, 1.54) is 12.8 Å². The maximum atomic E-state index is 6.05. The normalized spacial score (nSPS) is 21.2. The SMILES string of the molecule is CN1CCN(c2nc(Cl)nc(N3CCCC3)n2)CC1. The van der Waals surface area contributed by atoms with E-state index in [-0.39, 0.29) is 0 Å². The first-order chi connectivity index (χ1) is 9.22. The van der Waals surface area contributed by atoms with Crippen molar-refractivity contribution >= 4 is 23.5 Å². The number of rotatable bonds is 2. The van der Waals surface area contributed by atoms with Crippen LogP contribution in [0, 0.1) is 0 Å². The maximum absolute atomic E-state index is 6.05. The number of hydrogen-bond acceptors (Lipinski definition) is 6. The van der Waals surface area contributed by atoms with Crippen molar-refractivity contribution in [2.45, 2.75) is 12.8 Å². The van der Waals surface area contributed by atoms with Gasteiger partial charge in [0, 0.05) is 39.3 Å². The van der Waals surface area contributed by atoms with Gasteiger partial charge in [-0.3, -0.25) is 0 Å². The van der Waals surface area contributed by atoms with Crippen molar-refractivity contribution in [2.24, 2.45) is 0 Å². The minimum atomic E-state index is 0.297. The summed E-state index contributed by atoms with van der Waals surface area (Å²) in [6.07, 6.45) is 2.40. The molecule has 0 unspecified atom stereocenters. The molecular formula is C12H19ClN6. The summed E-state index contributed by atoms with van der Waals surface area (Å²) in [4.78, 5) is 19.8. The van der Waals surface area contributed by atoms with Crippen LogP contribution in [-0.4, -0.2) is 66.2 Å². The summed E-state index contributed by atoms with van der Waals surface area (Å²) >= 11 is 6.05. The number of likely N-dealkylation sites (N-methyl/N-ethyl adjacent to an activating group) is 1. The van der Waals surface area contributed by atoms with Crippen LogP contribution in [0.5, 0.6) is 0 Å². The second-order valence-corrected chi connectivity index (χ2v) is 5.53. The molecule has 19 heavy (non-hydrogen) atoms. The number of anilines is 2. The van der Waals surface area contributed by atoms with Gasteiger partial charge in [0.25, 0.3) is 0 Å². The Bertz CT molecular complexity index is 440. The predicted octanol–water partition coefficient (Wildman–Crippen LogP) is 0.877. The summed E-state index contributed by atoms with van der Waals surface area (Å²) in [7, 11) is 2.13. The van der Waals surface area contributed by atoms with E-state index in [4.69, 9.17) is 11.6 Å². The van der Waals surface area contributed by atoms with Crippen molar-refractivity contribution in [3.8, 4) is 0 Å². The van der Waals surface area contributed by atoms with Crippen LogP contribution in [0.2, 0.25) is 5.28 Å². The van der Waals surface area contributed by atoms with E-state index in [0.29, 0.717) is 5.28 Å². The molecule has 3 heterocycles. The Morgan fingerprint density at radius 3 is 1.89 bits per heavy atom. The van der Waals surface area contributed by atoms with Crippen LogP contribution >= 0.6 is 11.6 Å². The van der Waals surface area contributed by atoms with Crippen LogP contribution < -0.4 is 9.80 Å². The lowest BCUT2D eigenvalue weighted by molar-refractivity contribution is 0.311. The van der Waals surface area contributed by atoms with Crippen molar-refractivity contribution in [1.82, 2.24) is 19.9 Å². The van der Waals surface area contributed by atoms with Crippen molar-refractivity contribution in [3.63, 3.8) is 0 Å².